The van der Waals surface area contributed by atoms with Crippen molar-refractivity contribution in [1.29, 1.82) is 0 Å². The minimum absolute atomic E-state index is 0.0182. The lowest BCUT2D eigenvalue weighted by molar-refractivity contribution is -0.0499. The van der Waals surface area contributed by atoms with Crippen LogP contribution in [0.2, 0.25) is 0 Å². The second-order valence-electron chi connectivity index (χ2n) is 2.16. The van der Waals surface area contributed by atoms with Crippen LogP contribution >= 0.6 is 0 Å². The van der Waals surface area contributed by atoms with Crippen molar-refractivity contribution in [3.05, 3.63) is 29.8 Å². The highest BCUT2D eigenvalue weighted by Gasteiger charge is 2.06. The number of halogens is 2. The first kappa shape index (κ1) is 9.44. The molecule has 0 amide bonds. The Morgan fingerprint density at radius 1 is 1.38 bits per heavy atom. The molecule has 3 nitrogen and oxygen atoms in total. The monoisotopic (exact) mass is 187 g/mol. The van der Waals surface area contributed by atoms with E-state index in [4.69, 9.17) is 5.21 Å². The van der Waals surface area contributed by atoms with E-state index in [0.717, 1.165) is 6.21 Å². The minimum atomic E-state index is -2.88. The number of hydrogen-bond acceptors (Lipinski definition) is 3. The normalized spacial score (nSPS) is 11.0. The Kier molecular flexibility index (Phi) is 3.19. The Hall–Kier alpha value is -1.65. The molecule has 0 fully saturated rings. The van der Waals surface area contributed by atoms with E-state index in [0.29, 0.717) is 5.56 Å². The maximum atomic E-state index is 11.8. The molecule has 5 heteroatoms. The van der Waals surface area contributed by atoms with Crippen molar-refractivity contribution in [3.8, 4) is 5.75 Å². The molecule has 1 N–H and O–H groups in total. The van der Waals surface area contributed by atoms with Crippen molar-refractivity contribution in [2.75, 3.05) is 0 Å². The molecule has 0 aromatic heterocycles. The Bertz CT molecular complexity index is 302. The molecule has 70 valence electrons. The molecule has 0 saturated heterocycles. The van der Waals surface area contributed by atoms with E-state index in [2.05, 4.69) is 9.89 Å². The molecule has 0 aliphatic heterocycles. The zero-order chi connectivity index (χ0) is 9.68. The maximum absolute atomic E-state index is 11.8. The molecule has 0 radical (unpaired) electrons. The first-order valence-electron chi connectivity index (χ1n) is 3.45. The highest BCUT2D eigenvalue weighted by Crippen LogP contribution is 2.17. The van der Waals surface area contributed by atoms with Crippen molar-refractivity contribution in [3.63, 3.8) is 0 Å². The van der Waals surface area contributed by atoms with E-state index in [1.807, 2.05) is 0 Å². The molecule has 0 spiro atoms. The van der Waals surface area contributed by atoms with Crippen LogP contribution < -0.4 is 4.74 Å². The highest BCUT2D eigenvalue weighted by atomic mass is 19.3. The summed E-state index contributed by atoms with van der Waals surface area (Å²) < 4.78 is 27.8. The average Bonchev–Trinajstić information content (AvgIpc) is 2.08. The third kappa shape index (κ3) is 2.70. The van der Waals surface area contributed by atoms with Crippen molar-refractivity contribution in [1.82, 2.24) is 0 Å². The van der Waals surface area contributed by atoms with Gasteiger partial charge in [0.1, 0.15) is 5.75 Å². The fraction of sp³-hybridized carbons (Fsp3) is 0.125. The number of para-hydroxylation sites is 1. The van der Waals surface area contributed by atoms with Gasteiger partial charge in [-0.15, -0.1) is 0 Å². The average molecular weight is 187 g/mol. The van der Waals surface area contributed by atoms with E-state index in [-0.39, 0.29) is 5.75 Å². The van der Waals surface area contributed by atoms with Crippen LogP contribution in [0.1, 0.15) is 5.56 Å². The van der Waals surface area contributed by atoms with E-state index in [1.54, 1.807) is 12.1 Å². The Labute approximate surface area is 73.2 Å². The fourth-order valence-corrected chi connectivity index (χ4v) is 0.853. The molecule has 0 saturated carbocycles. The summed E-state index contributed by atoms with van der Waals surface area (Å²) in [6, 6.07) is 6.03. The summed E-state index contributed by atoms with van der Waals surface area (Å²) in [7, 11) is 0. The van der Waals surface area contributed by atoms with Crippen LogP contribution in [0.3, 0.4) is 0 Å². The van der Waals surface area contributed by atoms with E-state index in [1.165, 1.54) is 12.1 Å². The van der Waals surface area contributed by atoms with Gasteiger partial charge < -0.3 is 9.94 Å². The summed E-state index contributed by atoms with van der Waals surface area (Å²) in [5.74, 6) is -0.0182. The number of oxime groups is 1. The largest absolute Gasteiger partial charge is 0.434 e. The summed E-state index contributed by atoms with van der Waals surface area (Å²) in [6.07, 6.45) is 1.03. The van der Waals surface area contributed by atoms with Gasteiger partial charge in [-0.3, -0.25) is 0 Å². The summed E-state index contributed by atoms with van der Waals surface area (Å²) in [4.78, 5) is 0. The molecule has 0 bridgehead atoms. The van der Waals surface area contributed by atoms with E-state index in [9.17, 15) is 8.78 Å². The molecule has 1 rings (SSSR count). The van der Waals surface area contributed by atoms with Gasteiger partial charge in [-0.05, 0) is 12.1 Å². The lowest BCUT2D eigenvalue weighted by atomic mass is 10.2. The minimum Gasteiger partial charge on any atom is -0.434 e. The smallest absolute Gasteiger partial charge is 0.387 e. The van der Waals surface area contributed by atoms with Crippen LogP contribution in [0.15, 0.2) is 29.4 Å². The highest BCUT2D eigenvalue weighted by molar-refractivity contribution is 5.82. The number of benzene rings is 1. The summed E-state index contributed by atoms with van der Waals surface area (Å²) in [6.45, 7) is -2.88. The van der Waals surface area contributed by atoms with Crippen LogP contribution in [-0.2, 0) is 0 Å². The first-order chi connectivity index (χ1) is 6.24. The van der Waals surface area contributed by atoms with Gasteiger partial charge in [-0.1, -0.05) is 17.3 Å². The number of hydrogen-bond donors (Lipinski definition) is 1. The van der Waals surface area contributed by atoms with Crippen LogP contribution in [0.25, 0.3) is 0 Å². The second kappa shape index (κ2) is 4.39. The zero-order valence-electron chi connectivity index (χ0n) is 6.52. The van der Waals surface area contributed by atoms with Gasteiger partial charge in [0.05, 0.1) is 6.21 Å². The molecule has 0 aliphatic carbocycles. The molecule has 0 aliphatic rings. The van der Waals surface area contributed by atoms with Crippen LogP contribution in [0, 0.1) is 0 Å². The third-order valence-electron chi connectivity index (χ3n) is 1.33. The summed E-state index contributed by atoms with van der Waals surface area (Å²) >= 11 is 0. The van der Waals surface area contributed by atoms with Gasteiger partial charge in [0, 0.05) is 5.56 Å². The Balaban J connectivity index is 2.90. The number of alkyl halides is 2. The van der Waals surface area contributed by atoms with Crippen LogP contribution in [-0.4, -0.2) is 18.0 Å². The summed E-state index contributed by atoms with van der Waals surface area (Å²) in [5, 5.41) is 10.9. The zero-order valence-corrected chi connectivity index (χ0v) is 6.52. The van der Waals surface area contributed by atoms with Crippen molar-refractivity contribution < 1.29 is 18.7 Å². The van der Waals surface area contributed by atoms with E-state index >= 15 is 0 Å². The molecule has 0 unspecified atom stereocenters. The number of nitrogens with zero attached hydrogens (tertiary/aromatic N) is 1. The lowest BCUT2D eigenvalue weighted by Gasteiger charge is -2.05. The Morgan fingerprint density at radius 3 is 2.69 bits per heavy atom. The molecular formula is C8H7F2NO2. The van der Waals surface area contributed by atoms with Gasteiger partial charge >= 0.3 is 6.61 Å². The third-order valence-corrected chi connectivity index (χ3v) is 1.33. The quantitative estimate of drug-likeness (QED) is 0.447. The van der Waals surface area contributed by atoms with Gasteiger partial charge in [0.2, 0.25) is 0 Å². The molecule has 1 aromatic carbocycles. The van der Waals surface area contributed by atoms with Crippen LogP contribution in [0.5, 0.6) is 5.75 Å². The summed E-state index contributed by atoms with van der Waals surface area (Å²) in [5.41, 5.74) is 0.297. The Morgan fingerprint density at radius 2 is 2.08 bits per heavy atom. The number of rotatable bonds is 3. The topological polar surface area (TPSA) is 41.8 Å². The van der Waals surface area contributed by atoms with Crippen molar-refractivity contribution >= 4 is 6.21 Å². The molecule has 0 atom stereocenters. The van der Waals surface area contributed by atoms with Crippen molar-refractivity contribution in [2.24, 2.45) is 5.16 Å². The molecule has 0 heterocycles. The van der Waals surface area contributed by atoms with Gasteiger partial charge in [-0.2, -0.15) is 8.78 Å². The lowest BCUT2D eigenvalue weighted by Crippen LogP contribution is -2.03. The van der Waals surface area contributed by atoms with Gasteiger partial charge in [0.25, 0.3) is 0 Å². The molecular weight excluding hydrogens is 180 g/mol. The van der Waals surface area contributed by atoms with E-state index < -0.39 is 6.61 Å². The SMILES string of the molecule is O/N=C\c1ccccc1OC(F)F. The maximum Gasteiger partial charge on any atom is 0.387 e. The molecule has 1 aromatic rings. The second-order valence-corrected chi connectivity index (χ2v) is 2.16. The number of ether oxygens (including phenoxy) is 1. The molecule has 13 heavy (non-hydrogen) atoms. The standard InChI is InChI=1S/C8H7F2NO2/c9-8(10)13-7-4-2-1-3-6(7)5-11-12/h1-5,8,12H/b11-5-. The predicted octanol–water partition coefficient (Wildman–Crippen LogP) is 2.10. The van der Waals surface area contributed by atoms with Crippen molar-refractivity contribution in [2.45, 2.75) is 6.61 Å². The van der Waals surface area contributed by atoms with Crippen LogP contribution in [0.4, 0.5) is 8.78 Å². The van der Waals surface area contributed by atoms with Gasteiger partial charge in [-0.25, -0.2) is 0 Å². The van der Waals surface area contributed by atoms with Gasteiger partial charge in [0.15, 0.2) is 0 Å². The predicted molar refractivity (Wildman–Crippen MR) is 42.5 cm³/mol. The fourth-order valence-electron chi connectivity index (χ4n) is 0.853. The first-order valence-corrected chi connectivity index (χ1v) is 3.45.